The van der Waals surface area contributed by atoms with Gasteiger partial charge in [-0.15, -0.1) is 0 Å². The van der Waals surface area contributed by atoms with Gasteiger partial charge < -0.3 is 9.64 Å². The molecular formula is C18H18FNO2. The maximum atomic E-state index is 13.0. The van der Waals surface area contributed by atoms with Crippen molar-refractivity contribution in [3.05, 3.63) is 71.7 Å². The molecule has 2 aromatic carbocycles. The lowest BCUT2D eigenvalue weighted by Gasteiger charge is -2.12. The number of Topliss-reactive ketones (excluding diaryl/α,β-unsaturated/α-hetero) is 1. The van der Waals surface area contributed by atoms with Gasteiger partial charge in [0.2, 0.25) is 0 Å². The zero-order valence-electron chi connectivity index (χ0n) is 12.8. The number of carbonyl (C=O) groups is 1. The lowest BCUT2D eigenvalue weighted by molar-refractivity contribution is 0.105. The first-order valence-corrected chi connectivity index (χ1v) is 6.84. The fourth-order valence-corrected chi connectivity index (χ4v) is 2.05. The van der Waals surface area contributed by atoms with Crippen molar-refractivity contribution < 1.29 is 13.9 Å². The molecule has 0 unspecified atom stereocenters. The third kappa shape index (κ3) is 3.73. The summed E-state index contributed by atoms with van der Waals surface area (Å²) in [4.78, 5) is 14.5. The number of ether oxygens (including phenoxy) is 1. The Bertz CT molecular complexity index is 673. The minimum atomic E-state index is -0.362. The van der Waals surface area contributed by atoms with Crippen LogP contribution in [0.5, 0.6) is 5.75 Å². The maximum absolute atomic E-state index is 13.0. The first-order valence-electron chi connectivity index (χ1n) is 6.84. The highest BCUT2D eigenvalue weighted by atomic mass is 19.1. The van der Waals surface area contributed by atoms with Gasteiger partial charge in [-0.25, -0.2) is 4.39 Å². The van der Waals surface area contributed by atoms with E-state index in [9.17, 15) is 9.18 Å². The van der Waals surface area contributed by atoms with E-state index in [1.807, 2.05) is 26.2 Å². The molecule has 0 spiro atoms. The van der Waals surface area contributed by atoms with Crippen LogP contribution in [0.25, 0.3) is 5.57 Å². The van der Waals surface area contributed by atoms with Gasteiger partial charge in [-0.05, 0) is 42.0 Å². The number of nitrogens with zero attached hydrogens (tertiary/aromatic N) is 1. The second-order valence-corrected chi connectivity index (χ2v) is 5.07. The molecule has 0 saturated carbocycles. The van der Waals surface area contributed by atoms with Gasteiger partial charge in [-0.2, -0.15) is 0 Å². The van der Waals surface area contributed by atoms with Gasteiger partial charge in [0.15, 0.2) is 5.78 Å². The van der Waals surface area contributed by atoms with E-state index < -0.39 is 0 Å². The lowest BCUT2D eigenvalue weighted by Crippen LogP contribution is -2.09. The molecule has 0 N–H and O–H groups in total. The molecular weight excluding hydrogens is 281 g/mol. The predicted octanol–water partition coefficient (Wildman–Crippen LogP) is 3.62. The van der Waals surface area contributed by atoms with Crippen LogP contribution in [0.4, 0.5) is 4.39 Å². The Hall–Kier alpha value is -2.62. The second kappa shape index (κ2) is 6.89. The Morgan fingerprint density at radius 3 is 2.05 bits per heavy atom. The summed E-state index contributed by atoms with van der Waals surface area (Å²) in [7, 11) is 5.29. The molecule has 22 heavy (non-hydrogen) atoms. The summed E-state index contributed by atoms with van der Waals surface area (Å²) in [5, 5.41) is 0. The molecule has 2 rings (SSSR count). The average Bonchev–Trinajstić information content (AvgIpc) is 2.53. The van der Waals surface area contributed by atoms with Crippen LogP contribution >= 0.6 is 0 Å². The van der Waals surface area contributed by atoms with Gasteiger partial charge >= 0.3 is 0 Å². The molecule has 0 bridgehead atoms. The number of carbonyl (C=O) groups excluding carboxylic acids is 1. The van der Waals surface area contributed by atoms with Crippen molar-refractivity contribution in [3.63, 3.8) is 0 Å². The Morgan fingerprint density at radius 2 is 1.55 bits per heavy atom. The van der Waals surface area contributed by atoms with Crippen LogP contribution in [0.1, 0.15) is 15.9 Å². The molecule has 0 saturated heterocycles. The molecule has 0 amide bonds. The molecule has 0 aliphatic rings. The summed E-state index contributed by atoms with van der Waals surface area (Å²) in [6.45, 7) is 0. The van der Waals surface area contributed by atoms with Crippen LogP contribution in [-0.2, 0) is 0 Å². The van der Waals surface area contributed by atoms with Crippen LogP contribution in [0, 0.1) is 5.82 Å². The summed E-state index contributed by atoms with van der Waals surface area (Å²) in [6.07, 6.45) is 1.76. The van der Waals surface area contributed by atoms with Crippen molar-refractivity contribution >= 4 is 11.4 Å². The summed E-state index contributed by atoms with van der Waals surface area (Å²) in [5.74, 6) is 0.209. The van der Waals surface area contributed by atoms with E-state index in [-0.39, 0.29) is 11.6 Å². The van der Waals surface area contributed by atoms with Gasteiger partial charge in [-0.3, -0.25) is 4.79 Å². The number of rotatable bonds is 5. The van der Waals surface area contributed by atoms with E-state index in [1.54, 1.807) is 30.3 Å². The summed E-state index contributed by atoms with van der Waals surface area (Å²) in [5.41, 5.74) is 1.77. The molecule has 0 aliphatic carbocycles. The third-order valence-electron chi connectivity index (χ3n) is 3.14. The van der Waals surface area contributed by atoms with E-state index in [1.165, 1.54) is 24.3 Å². The molecule has 2 aromatic rings. The first kappa shape index (κ1) is 15.8. The van der Waals surface area contributed by atoms with Crippen LogP contribution in [0.2, 0.25) is 0 Å². The zero-order valence-corrected chi connectivity index (χ0v) is 12.8. The van der Waals surface area contributed by atoms with Crippen LogP contribution < -0.4 is 4.74 Å². The summed E-state index contributed by atoms with van der Waals surface area (Å²) >= 11 is 0. The fraction of sp³-hybridized carbons (Fsp3) is 0.167. The second-order valence-electron chi connectivity index (χ2n) is 5.07. The highest BCUT2D eigenvalue weighted by Gasteiger charge is 2.15. The molecule has 0 radical (unpaired) electrons. The van der Waals surface area contributed by atoms with Crippen molar-refractivity contribution in [1.29, 1.82) is 0 Å². The van der Waals surface area contributed by atoms with Crippen LogP contribution in [0.15, 0.2) is 54.7 Å². The first-order chi connectivity index (χ1) is 10.5. The van der Waals surface area contributed by atoms with Crippen molar-refractivity contribution in [2.75, 3.05) is 21.2 Å². The minimum Gasteiger partial charge on any atom is -0.497 e. The molecule has 114 valence electrons. The van der Waals surface area contributed by atoms with E-state index >= 15 is 0 Å². The maximum Gasteiger partial charge on any atom is 0.195 e. The Balaban J connectivity index is 2.41. The molecule has 0 aromatic heterocycles. The summed E-state index contributed by atoms with van der Waals surface area (Å²) < 4.78 is 18.2. The number of allylic oxidation sites excluding steroid dienone is 1. The lowest BCUT2D eigenvalue weighted by atomic mass is 9.97. The van der Waals surface area contributed by atoms with E-state index in [0.29, 0.717) is 11.1 Å². The molecule has 0 fully saturated rings. The van der Waals surface area contributed by atoms with Gasteiger partial charge in [0, 0.05) is 31.4 Å². The molecule has 0 heterocycles. The van der Waals surface area contributed by atoms with Crippen molar-refractivity contribution in [2.24, 2.45) is 0 Å². The van der Waals surface area contributed by atoms with Crippen molar-refractivity contribution in [1.82, 2.24) is 4.90 Å². The largest absolute Gasteiger partial charge is 0.497 e. The van der Waals surface area contributed by atoms with E-state index in [2.05, 4.69) is 0 Å². The van der Waals surface area contributed by atoms with Gasteiger partial charge in [0.25, 0.3) is 0 Å². The molecule has 4 heteroatoms. The minimum absolute atomic E-state index is 0.154. The van der Waals surface area contributed by atoms with Crippen molar-refractivity contribution in [3.8, 4) is 5.75 Å². The number of benzene rings is 2. The summed E-state index contributed by atoms with van der Waals surface area (Å²) in [6, 6.07) is 12.8. The van der Waals surface area contributed by atoms with E-state index in [4.69, 9.17) is 4.74 Å². The number of hydrogen-bond acceptors (Lipinski definition) is 3. The van der Waals surface area contributed by atoms with Gasteiger partial charge in [0.05, 0.1) is 7.11 Å². The number of halogens is 1. The SMILES string of the molecule is COc1ccc(/C(=C/N(C)C)C(=O)c2ccc(F)cc2)cc1. The van der Waals surface area contributed by atoms with E-state index in [0.717, 1.165) is 11.3 Å². The quantitative estimate of drug-likeness (QED) is 0.624. The van der Waals surface area contributed by atoms with Gasteiger partial charge in [0.1, 0.15) is 11.6 Å². The normalized spacial score (nSPS) is 11.2. The van der Waals surface area contributed by atoms with Crippen LogP contribution in [0.3, 0.4) is 0 Å². The number of hydrogen-bond donors (Lipinski definition) is 0. The molecule has 3 nitrogen and oxygen atoms in total. The Morgan fingerprint density at radius 1 is 1.00 bits per heavy atom. The fourth-order valence-electron chi connectivity index (χ4n) is 2.05. The number of methoxy groups -OCH3 is 1. The highest BCUT2D eigenvalue weighted by molar-refractivity contribution is 6.28. The Kier molecular flexibility index (Phi) is 4.94. The number of ketones is 1. The average molecular weight is 299 g/mol. The van der Waals surface area contributed by atoms with Gasteiger partial charge in [-0.1, -0.05) is 12.1 Å². The Labute approximate surface area is 129 Å². The third-order valence-corrected chi connectivity index (χ3v) is 3.14. The van der Waals surface area contributed by atoms with Crippen molar-refractivity contribution in [2.45, 2.75) is 0 Å². The monoisotopic (exact) mass is 299 g/mol. The predicted molar refractivity (Wildman–Crippen MR) is 85.4 cm³/mol. The van der Waals surface area contributed by atoms with Crippen LogP contribution in [-0.4, -0.2) is 31.9 Å². The highest BCUT2D eigenvalue weighted by Crippen LogP contribution is 2.23. The smallest absolute Gasteiger partial charge is 0.195 e. The molecule has 0 aliphatic heterocycles. The topological polar surface area (TPSA) is 29.5 Å². The zero-order chi connectivity index (χ0) is 16.1. The molecule has 0 atom stereocenters. The standard InChI is InChI=1S/C18H18FNO2/c1-20(2)12-17(13-6-10-16(22-3)11-7-13)18(21)14-4-8-15(19)9-5-14/h4-12H,1-3H3/b17-12-.